The first-order valence-corrected chi connectivity index (χ1v) is 10.8. The van der Waals surface area contributed by atoms with Crippen LogP contribution in [-0.4, -0.2) is 26.1 Å². The Balaban J connectivity index is 1.56. The number of H-pyrrole nitrogens is 2. The summed E-state index contributed by atoms with van der Waals surface area (Å²) in [6.45, 7) is 6.21. The number of hydrogen-bond donors (Lipinski definition) is 3. The van der Waals surface area contributed by atoms with Crippen LogP contribution in [0.3, 0.4) is 0 Å². The molecule has 4 rings (SSSR count). The van der Waals surface area contributed by atoms with Crippen molar-refractivity contribution in [3.8, 4) is 11.3 Å². The maximum atomic E-state index is 13.1. The predicted octanol–water partition coefficient (Wildman–Crippen LogP) is 5.36. The average Bonchev–Trinajstić information content (AvgIpc) is 3.32. The van der Waals surface area contributed by atoms with E-state index in [1.165, 1.54) is 0 Å². The molecule has 0 fully saturated rings. The van der Waals surface area contributed by atoms with Crippen molar-refractivity contribution >= 4 is 28.5 Å². The molecule has 2 aromatic carbocycles. The monoisotopic (exact) mass is 435 g/mol. The van der Waals surface area contributed by atoms with Crippen LogP contribution in [0.1, 0.15) is 43.4 Å². The molecular weight excluding hydrogens is 410 g/mol. The second-order valence-corrected chi connectivity index (χ2v) is 8.68. The Kier molecular flexibility index (Phi) is 6.09. The quantitative estimate of drug-likeness (QED) is 0.365. The van der Waals surface area contributed by atoms with E-state index < -0.39 is 0 Å². The zero-order chi connectivity index (χ0) is 22.0. The van der Waals surface area contributed by atoms with Crippen molar-refractivity contribution in [1.82, 2.24) is 25.5 Å². The van der Waals surface area contributed by atoms with E-state index in [9.17, 15) is 4.79 Å². The minimum absolute atomic E-state index is 0.0641. The van der Waals surface area contributed by atoms with Crippen molar-refractivity contribution in [3.05, 3.63) is 70.6 Å². The van der Waals surface area contributed by atoms with Crippen molar-refractivity contribution in [2.75, 3.05) is 0 Å². The van der Waals surface area contributed by atoms with Crippen molar-refractivity contribution in [3.63, 3.8) is 0 Å². The molecule has 31 heavy (non-hydrogen) atoms. The number of carbonyl (C=O) groups is 1. The first kappa shape index (κ1) is 21.1. The highest BCUT2D eigenvalue weighted by atomic mass is 35.5. The van der Waals surface area contributed by atoms with E-state index in [-0.39, 0.29) is 18.4 Å². The van der Waals surface area contributed by atoms with Gasteiger partial charge in [0.25, 0.3) is 0 Å². The van der Waals surface area contributed by atoms with Crippen LogP contribution in [0.4, 0.5) is 0 Å². The largest absolute Gasteiger partial charge is 0.346 e. The fourth-order valence-corrected chi connectivity index (χ4v) is 3.89. The number of para-hydroxylation sites is 2. The van der Waals surface area contributed by atoms with Gasteiger partial charge in [0.1, 0.15) is 5.82 Å². The van der Waals surface area contributed by atoms with Crippen LogP contribution >= 0.6 is 11.6 Å². The molecule has 0 unspecified atom stereocenters. The van der Waals surface area contributed by atoms with E-state index >= 15 is 0 Å². The molecule has 0 aliphatic carbocycles. The number of nitrogens with one attached hydrogen (secondary N) is 3. The molecule has 6 nitrogen and oxygen atoms in total. The lowest BCUT2D eigenvalue weighted by atomic mass is 10.0. The Morgan fingerprint density at radius 3 is 2.58 bits per heavy atom. The molecule has 3 N–H and O–H groups in total. The standard InChI is InChI=1S/C24H26ClN5O/c1-14(2)12-21(24-27-19-6-4-5-7-20(19)28-24)26-22(31)13-18-15(3)29-30-23(18)16-8-10-17(25)11-9-16/h4-11,14,21H,12-13H2,1-3H3,(H,26,31)(H,27,28)(H,29,30)/t21-/m1/s1. The topological polar surface area (TPSA) is 86.5 Å². The lowest BCUT2D eigenvalue weighted by Crippen LogP contribution is -2.31. The summed E-state index contributed by atoms with van der Waals surface area (Å²) in [7, 11) is 0. The molecule has 7 heteroatoms. The Morgan fingerprint density at radius 2 is 1.87 bits per heavy atom. The SMILES string of the molecule is Cc1[nH]nc(-c2ccc(Cl)cc2)c1CC(=O)N[C@H](CC(C)C)c1nc2ccccc2[nH]1. The fourth-order valence-electron chi connectivity index (χ4n) is 3.77. The molecule has 0 radical (unpaired) electrons. The van der Waals surface area contributed by atoms with Crippen LogP contribution in [0.15, 0.2) is 48.5 Å². The minimum atomic E-state index is -0.189. The third-order valence-electron chi connectivity index (χ3n) is 5.31. The van der Waals surface area contributed by atoms with Gasteiger partial charge in [-0.25, -0.2) is 4.98 Å². The molecule has 0 bridgehead atoms. The van der Waals surface area contributed by atoms with Crippen molar-refractivity contribution in [2.45, 2.75) is 39.7 Å². The summed E-state index contributed by atoms with van der Waals surface area (Å²) < 4.78 is 0. The zero-order valence-electron chi connectivity index (χ0n) is 17.9. The number of aromatic amines is 2. The van der Waals surface area contributed by atoms with Gasteiger partial charge < -0.3 is 10.3 Å². The maximum absolute atomic E-state index is 13.1. The number of hydrogen-bond acceptors (Lipinski definition) is 3. The average molecular weight is 436 g/mol. The van der Waals surface area contributed by atoms with Crippen LogP contribution in [-0.2, 0) is 11.2 Å². The Hall–Kier alpha value is -3.12. The molecule has 0 saturated carbocycles. The first-order valence-electron chi connectivity index (χ1n) is 10.4. The molecule has 2 aromatic heterocycles. The van der Waals surface area contributed by atoms with Crippen LogP contribution in [0.25, 0.3) is 22.3 Å². The lowest BCUT2D eigenvalue weighted by molar-refractivity contribution is -0.121. The van der Waals surface area contributed by atoms with E-state index in [2.05, 4.69) is 34.3 Å². The van der Waals surface area contributed by atoms with Gasteiger partial charge >= 0.3 is 0 Å². The summed E-state index contributed by atoms with van der Waals surface area (Å²) in [6.07, 6.45) is 1.02. The number of imidazole rings is 1. The number of fused-ring (bicyclic) bond motifs is 1. The summed E-state index contributed by atoms with van der Waals surface area (Å²) in [4.78, 5) is 21.1. The zero-order valence-corrected chi connectivity index (χ0v) is 18.6. The molecule has 1 amide bonds. The van der Waals surface area contributed by atoms with Crippen molar-refractivity contribution < 1.29 is 4.79 Å². The number of amides is 1. The summed E-state index contributed by atoms with van der Waals surface area (Å²) in [5, 5.41) is 11.3. The molecule has 0 saturated heterocycles. The van der Waals surface area contributed by atoms with E-state index in [1.54, 1.807) is 0 Å². The smallest absolute Gasteiger partial charge is 0.225 e. The van der Waals surface area contributed by atoms with Crippen molar-refractivity contribution in [1.29, 1.82) is 0 Å². The second-order valence-electron chi connectivity index (χ2n) is 8.25. The highest BCUT2D eigenvalue weighted by molar-refractivity contribution is 6.30. The third kappa shape index (κ3) is 4.80. The molecule has 2 heterocycles. The number of benzene rings is 2. The molecule has 4 aromatic rings. The molecule has 160 valence electrons. The molecule has 0 spiro atoms. The molecule has 0 aliphatic rings. The Bertz CT molecular complexity index is 1160. The number of aryl methyl sites for hydroxylation is 1. The number of carbonyl (C=O) groups excluding carboxylic acids is 1. The van der Waals surface area contributed by atoms with E-state index in [0.717, 1.165) is 45.8 Å². The second kappa shape index (κ2) is 8.94. The minimum Gasteiger partial charge on any atom is -0.346 e. The van der Waals surface area contributed by atoms with Crippen LogP contribution in [0.5, 0.6) is 0 Å². The third-order valence-corrected chi connectivity index (χ3v) is 5.56. The van der Waals surface area contributed by atoms with Gasteiger partial charge in [0.2, 0.25) is 5.91 Å². The molecule has 1 atom stereocenters. The van der Waals surface area contributed by atoms with Crippen molar-refractivity contribution in [2.24, 2.45) is 5.92 Å². The summed E-state index contributed by atoms with van der Waals surface area (Å²) in [6, 6.07) is 15.2. The lowest BCUT2D eigenvalue weighted by Gasteiger charge is -2.19. The molecule has 0 aliphatic heterocycles. The predicted molar refractivity (Wildman–Crippen MR) is 124 cm³/mol. The normalized spacial score (nSPS) is 12.4. The van der Waals surface area contributed by atoms with E-state index in [0.29, 0.717) is 10.9 Å². The highest BCUT2D eigenvalue weighted by Gasteiger charge is 2.22. The van der Waals surface area contributed by atoms with Gasteiger partial charge in [0, 0.05) is 21.8 Å². The summed E-state index contributed by atoms with van der Waals surface area (Å²) in [5.41, 5.74) is 5.32. The van der Waals surface area contributed by atoms with Gasteiger partial charge in [0.15, 0.2) is 0 Å². The maximum Gasteiger partial charge on any atom is 0.225 e. The number of halogens is 1. The van der Waals surface area contributed by atoms with Gasteiger partial charge in [-0.1, -0.05) is 49.7 Å². The summed E-state index contributed by atoms with van der Waals surface area (Å²) >= 11 is 6.01. The van der Waals surface area contributed by atoms with E-state index in [4.69, 9.17) is 16.6 Å². The van der Waals surface area contributed by atoms with Gasteiger partial charge in [-0.3, -0.25) is 9.89 Å². The van der Waals surface area contributed by atoms with Gasteiger partial charge in [-0.15, -0.1) is 0 Å². The number of aromatic nitrogens is 4. The van der Waals surface area contributed by atoms with Gasteiger partial charge in [-0.05, 0) is 43.5 Å². The van der Waals surface area contributed by atoms with Crippen LogP contribution in [0, 0.1) is 12.8 Å². The number of rotatable bonds is 7. The first-order chi connectivity index (χ1) is 14.9. The fraction of sp³-hybridized carbons (Fsp3) is 0.292. The summed E-state index contributed by atoms with van der Waals surface area (Å²) in [5.74, 6) is 1.12. The Labute approximate surface area is 186 Å². The van der Waals surface area contributed by atoms with Crippen LogP contribution < -0.4 is 5.32 Å². The van der Waals surface area contributed by atoms with E-state index in [1.807, 2.05) is 55.5 Å². The molecular formula is C24H26ClN5O. The highest BCUT2D eigenvalue weighted by Crippen LogP contribution is 2.26. The van der Waals surface area contributed by atoms with Gasteiger partial charge in [-0.2, -0.15) is 5.10 Å². The number of nitrogens with zero attached hydrogens (tertiary/aromatic N) is 2. The van der Waals surface area contributed by atoms with Crippen LogP contribution in [0.2, 0.25) is 5.02 Å². The van der Waals surface area contributed by atoms with Gasteiger partial charge in [0.05, 0.1) is 29.2 Å². The Morgan fingerprint density at radius 1 is 1.13 bits per heavy atom.